The fourth-order valence-corrected chi connectivity index (χ4v) is 3.96. The quantitative estimate of drug-likeness (QED) is 0.805. The van der Waals surface area contributed by atoms with Crippen LogP contribution in [-0.2, 0) is 4.74 Å². The summed E-state index contributed by atoms with van der Waals surface area (Å²) < 4.78 is 5.14. The third-order valence-corrected chi connectivity index (χ3v) is 5.19. The van der Waals surface area contributed by atoms with Crippen molar-refractivity contribution in [3.05, 3.63) is 0 Å². The molecule has 1 saturated carbocycles. The second kappa shape index (κ2) is 6.89. The number of methoxy groups -OCH3 is 1. The van der Waals surface area contributed by atoms with Crippen LogP contribution < -0.4 is 5.32 Å². The first-order valence-electron chi connectivity index (χ1n) is 7.70. The molecule has 2 rings (SSSR count). The largest absolute Gasteiger partial charge is 0.383 e. The summed E-state index contributed by atoms with van der Waals surface area (Å²) >= 11 is 5.51. The number of piperidine rings is 1. The van der Waals surface area contributed by atoms with Gasteiger partial charge in [0.2, 0.25) is 0 Å². The van der Waals surface area contributed by atoms with Crippen molar-refractivity contribution in [1.82, 2.24) is 10.2 Å². The molecule has 4 heteroatoms. The predicted octanol–water partition coefficient (Wildman–Crippen LogP) is 2.94. The normalized spacial score (nSPS) is 24.2. The first-order chi connectivity index (χ1) is 9.15. The van der Waals surface area contributed by atoms with Gasteiger partial charge in [-0.25, -0.2) is 0 Å². The lowest BCUT2D eigenvalue weighted by molar-refractivity contribution is 0.0964. The monoisotopic (exact) mass is 284 g/mol. The van der Waals surface area contributed by atoms with Gasteiger partial charge in [-0.3, -0.25) is 0 Å². The molecule has 1 heterocycles. The molecule has 1 aliphatic heterocycles. The van der Waals surface area contributed by atoms with Crippen molar-refractivity contribution < 1.29 is 4.74 Å². The molecule has 3 nitrogen and oxygen atoms in total. The van der Waals surface area contributed by atoms with Crippen LogP contribution in [0.2, 0.25) is 0 Å². The van der Waals surface area contributed by atoms with Crippen LogP contribution in [-0.4, -0.2) is 42.9 Å². The third-order valence-electron chi connectivity index (χ3n) is 4.81. The number of hydrogen-bond acceptors (Lipinski definition) is 2. The molecule has 19 heavy (non-hydrogen) atoms. The third kappa shape index (κ3) is 4.06. The summed E-state index contributed by atoms with van der Waals surface area (Å²) in [6.45, 7) is 5.08. The molecule has 1 unspecified atom stereocenters. The maximum atomic E-state index is 5.51. The molecule has 2 fully saturated rings. The topological polar surface area (TPSA) is 24.5 Å². The highest BCUT2D eigenvalue weighted by molar-refractivity contribution is 7.80. The van der Waals surface area contributed by atoms with Crippen LogP contribution in [0.4, 0.5) is 0 Å². The minimum atomic E-state index is 0.295. The zero-order chi connectivity index (χ0) is 13.7. The Bertz CT molecular complexity index is 293. The van der Waals surface area contributed by atoms with Crippen LogP contribution in [0.1, 0.15) is 51.9 Å². The van der Waals surface area contributed by atoms with Crippen LogP contribution in [0.3, 0.4) is 0 Å². The summed E-state index contributed by atoms with van der Waals surface area (Å²) in [6.07, 6.45) is 9.87. The van der Waals surface area contributed by atoms with Crippen molar-refractivity contribution in [2.75, 3.05) is 26.8 Å². The van der Waals surface area contributed by atoms with Crippen LogP contribution in [0.15, 0.2) is 0 Å². The zero-order valence-corrected chi connectivity index (χ0v) is 13.2. The number of rotatable bonds is 3. The molecular formula is C15H28N2OS. The summed E-state index contributed by atoms with van der Waals surface area (Å²) in [5.74, 6) is 0. The molecule has 0 aromatic rings. The van der Waals surface area contributed by atoms with E-state index in [0.29, 0.717) is 18.1 Å². The molecule has 0 amide bonds. The Morgan fingerprint density at radius 3 is 2.42 bits per heavy atom. The summed E-state index contributed by atoms with van der Waals surface area (Å²) in [5.41, 5.74) is 0.655. The fraction of sp³-hybridized carbons (Fsp3) is 0.933. The van der Waals surface area contributed by atoms with Crippen molar-refractivity contribution in [3.63, 3.8) is 0 Å². The van der Waals surface area contributed by atoms with Crippen LogP contribution in [0.25, 0.3) is 0 Å². The van der Waals surface area contributed by atoms with Crippen molar-refractivity contribution in [2.45, 2.75) is 57.9 Å². The number of thiocarbonyl (C=S) groups is 1. The molecule has 110 valence electrons. The molecular weight excluding hydrogens is 256 g/mol. The van der Waals surface area contributed by atoms with Gasteiger partial charge in [0.15, 0.2) is 5.11 Å². The fourth-order valence-electron chi connectivity index (χ4n) is 3.58. The molecule has 2 aliphatic rings. The predicted molar refractivity (Wildman–Crippen MR) is 83.4 cm³/mol. The lowest BCUT2D eigenvalue weighted by Gasteiger charge is -2.45. The van der Waals surface area contributed by atoms with E-state index in [1.54, 1.807) is 7.11 Å². The molecule has 0 radical (unpaired) electrons. The van der Waals surface area contributed by atoms with Crippen molar-refractivity contribution in [2.24, 2.45) is 5.41 Å². The standard InChI is InChI=1S/C15H28N2OS/c1-13(12-18-2)16-14(19)17-10-8-15(9-11-17)6-4-3-5-7-15/h13H,3-12H2,1-2H3,(H,16,19). The van der Waals surface area contributed by atoms with Gasteiger partial charge in [-0.15, -0.1) is 0 Å². The van der Waals surface area contributed by atoms with Gasteiger partial charge in [-0.2, -0.15) is 0 Å². The lowest BCUT2D eigenvalue weighted by Crippen LogP contribution is -2.50. The summed E-state index contributed by atoms with van der Waals surface area (Å²) in [4.78, 5) is 2.35. The second-order valence-electron chi connectivity index (χ2n) is 6.35. The molecule has 1 atom stereocenters. The average Bonchev–Trinajstić information content (AvgIpc) is 2.40. The van der Waals surface area contributed by atoms with E-state index >= 15 is 0 Å². The van der Waals surface area contributed by atoms with Gasteiger partial charge in [-0.1, -0.05) is 19.3 Å². The molecule has 1 aliphatic carbocycles. The number of nitrogens with zero attached hydrogens (tertiary/aromatic N) is 1. The van der Waals surface area contributed by atoms with E-state index in [1.165, 1.54) is 44.9 Å². The highest BCUT2D eigenvalue weighted by Crippen LogP contribution is 2.44. The first-order valence-corrected chi connectivity index (χ1v) is 8.10. The van der Waals surface area contributed by atoms with Crippen LogP contribution in [0, 0.1) is 5.41 Å². The van der Waals surface area contributed by atoms with Crippen molar-refractivity contribution in [3.8, 4) is 0 Å². The Hall–Kier alpha value is -0.350. The maximum Gasteiger partial charge on any atom is 0.169 e. The average molecular weight is 284 g/mol. The highest BCUT2D eigenvalue weighted by atomic mass is 32.1. The van der Waals surface area contributed by atoms with Gasteiger partial charge < -0.3 is 15.0 Å². The Labute approximate surface area is 123 Å². The van der Waals surface area contributed by atoms with E-state index in [9.17, 15) is 0 Å². The Kier molecular flexibility index (Phi) is 5.46. The first kappa shape index (κ1) is 15.0. The van der Waals surface area contributed by atoms with Gasteiger partial charge in [0.1, 0.15) is 0 Å². The molecule has 1 N–H and O–H groups in total. The Morgan fingerprint density at radius 2 is 1.84 bits per heavy atom. The minimum Gasteiger partial charge on any atom is -0.383 e. The van der Waals surface area contributed by atoms with E-state index in [2.05, 4.69) is 17.1 Å². The zero-order valence-electron chi connectivity index (χ0n) is 12.4. The maximum absolute atomic E-state index is 5.51. The van der Waals surface area contributed by atoms with Gasteiger partial charge in [-0.05, 0) is 50.2 Å². The minimum absolute atomic E-state index is 0.295. The Morgan fingerprint density at radius 1 is 1.21 bits per heavy atom. The van der Waals surface area contributed by atoms with E-state index in [4.69, 9.17) is 17.0 Å². The second-order valence-corrected chi connectivity index (χ2v) is 6.74. The number of ether oxygens (including phenoxy) is 1. The smallest absolute Gasteiger partial charge is 0.169 e. The van der Waals surface area contributed by atoms with Gasteiger partial charge in [0.25, 0.3) is 0 Å². The van der Waals surface area contributed by atoms with Crippen LogP contribution in [0.5, 0.6) is 0 Å². The highest BCUT2D eigenvalue weighted by Gasteiger charge is 2.35. The SMILES string of the molecule is COCC(C)NC(=S)N1CCC2(CCCCC2)CC1. The van der Waals surface area contributed by atoms with Crippen molar-refractivity contribution >= 4 is 17.3 Å². The summed E-state index contributed by atoms with van der Waals surface area (Å²) in [5, 5.41) is 4.29. The van der Waals surface area contributed by atoms with E-state index in [-0.39, 0.29) is 0 Å². The molecule has 1 saturated heterocycles. The summed E-state index contributed by atoms with van der Waals surface area (Å²) in [7, 11) is 1.73. The van der Waals surface area contributed by atoms with Gasteiger partial charge >= 0.3 is 0 Å². The lowest BCUT2D eigenvalue weighted by atomic mass is 9.68. The molecule has 0 aromatic carbocycles. The van der Waals surface area contributed by atoms with E-state index in [0.717, 1.165) is 18.2 Å². The van der Waals surface area contributed by atoms with Gasteiger partial charge in [0.05, 0.1) is 6.61 Å². The Balaban J connectivity index is 1.77. The van der Waals surface area contributed by atoms with E-state index in [1.807, 2.05) is 0 Å². The summed E-state index contributed by atoms with van der Waals surface area (Å²) in [6, 6.07) is 0.295. The number of nitrogens with one attached hydrogen (secondary N) is 1. The van der Waals surface area contributed by atoms with Gasteiger partial charge in [0, 0.05) is 26.2 Å². The molecule has 0 bridgehead atoms. The number of hydrogen-bond donors (Lipinski definition) is 1. The molecule has 1 spiro atoms. The van der Waals surface area contributed by atoms with Crippen molar-refractivity contribution in [1.29, 1.82) is 0 Å². The number of likely N-dealkylation sites (tertiary alicyclic amines) is 1. The van der Waals surface area contributed by atoms with Crippen LogP contribution >= 0.6 is 12.2 Å². The van der Waals surface area contributed by atoms with E-state index < -0.39 is 0 Å². The molecule has 0 aromatic heterocycles.